The Morgan fingerprint density at radius 1 is 0.921 bits per heavy atom. The van der Waals surface area contributed by atoms with Crippen LogP contribution >= 0.6 is 0 Å². The topological polar surface area (TPSA) is 215 Å². The molecule has 0 saturated heterocycles. The van der Waals surface area contributed by atoms with Crippen molar-refractivity contribution in [1.29, 1.82) is 0 Å². The molecule has 0 radical (unpaired) electrons. The van der Waals surface area contributed by atoms with E-state index in [2.05, 4.69) is 21.3 Å². The van der Waals surface area contributed by atoms with Crippen molar-refractivity contribution in [3.05, 3.63) is 34.4 Å². The van der Waals surface area contributed by atoms with Crippen LogP contribution < -0.4 is 26.0 Å². The summed E-state index contributed by atoms with van der Waals surface area (Å²) in [5.74, 6) is -3.33. The second kappa shape index (κ2) is 13.9. The number of aliphatic hydroxyl groups is 1. The fourth-order valence-corrected chi connectivity index (χ4v) is 2.71. The summed E-state index contributed by atoms with van der Waals surface area (Å²) in [4.78, 5) is 71.2. The Balaban J connectivity index is 2.61. The van der Waals surface area contributed by atoms with Crippen LogP contribution in [0.3, 0.4) is 0 Å². The zero-order valence-corrected chi connectivity index (χ0v) is 21.9. The van der Waals surface area contributed by atoms with Crippen molar-refractivity contribution in [2.75, 3.05) is 6.54 Å². The molecule has 0 saturated carbocycles. The van der Waals surface area contributed by atoms with Gasteiger partial charge in [-0.3, -0.25) is 24.5 Å². The van der Waals surface area contributed by atoms with Crippen LogP contribution in [-0.2, 0) is 23.9 Å². The van der Waals surface area contributed by atoms with Crippen molar-refractivity contribution in [3.8, 4) is 5.75 Å². The molecule has 0 unspecified atom stereocenters. The number of hydrogen-bond acceptors (Lipinski definition) is 10. The minimum Gasteiger partial charge on any atom is -0.444 e. The number of aliphatic hydroxyl groups excluding tert-OH is 1. The molecule has 5 N–H and O–H groups in total. The summed E-state index contributed by atoms with van der Waals surface area (Å²) in [6.45, 7) is 8.27. The standard InChI is InChI=1S/C23H33N5O10/c1-12(25-19(31)13(2)26-22(34)38-23(4,5)6)20(32)27-18(14(3)29)21(33)24-11-17(30)37-16-9-7-15(8-10-16)28(35)36/h7-10,12-14,18,29H,11H2,1-6H3,(H,24,33)(H,25,31)(H,26,34)(H,27,32)/t12-,13-,14+,18-/m0/s1. The molecule has 1 rings (SSSR count). The normalized spacial score (nSPS) is 14.1. The molecular weight excluding hydrogens is 506 g/mol. The quantitative estimate of drug-likeness (QED) is 0.109. The molecule has 0 aliphatic heterocycles. The number of amides is 4. The van der Waals surface area contributed by atoms with E-state index in [9.17, 15) is 39.2 Å². The zero-order valence-electron chi connectivity index (χ0n) is 21.9. The summed E-state index contributed by atoms with van der Waals surface area (Å²) in [5.41, 5.74) is -0.973. The number of nitro groups is 1. The molecule has 1 aromatic carbocycles. The van der Waals surface area contributed by atoms with Crippen molar-refractivity contribution in [2.45, 2.75) is 71.4 Å². The minimum atomic E-state index is -1.48. The summed E-state index contributed by atoms with van der Waals surface area (Å²) in [6.07, 6.45) is -2.20. The van der Waals surface area contributed by atoms with Crippen molar-refractivity contribution in [1.82, 2.24) is 21.3 Å². The first-order valence-electron chi connectivity index (χ1n) is 11.5. The van der Waals surface area contributed by atoms with Crippen LogP contribution in [0.5, 0.6) is 5.75 Å². The summed E-state index contributed by atoms with van der Waals surface area (Å²) >= 11 is 0. The number of benzene rings is 1. The third kappa shape index (κ3) is 11.2. The molecule has 15 nitrogen and oxygen atoms in total. The summed E-state index contributed by atoms with van der Waals surface area (Å²) in [7, 11) is 0. The fraction of sp³-hybridized carbons (Fsp3) is 0.522. The number of nitro benzene ring substituents is 1. The van der Waals surface area contributed by atoms with Crippen molar-refractivity contribution in [3.63, 3.8) is 0 Å². The van der Waals surface area contributed by atoms with Gasteiger partial charge >= 0.3 is 12.1 Å². The molecule has 4 atom stereocenters. The molecule has 0 heterocycles. The number of carbonyl (C=O) groups excluding carboxylic acids is 5. The first-order chi connectivity index (χ1) is 17.5. The van der Waals surface area contributed by atoms with Gasteiger partial charge in [-0.25, -0.2) is 9.59 Å². The van der Waals surface area contributed by atoms with Crippen molar-refractivity contribution < 1.29 is 43.5 Å². The molecular formula is C23H33N5O10. The van der Waals surface area contributed by atoms with Gasteiger partial charge in [0, 0.05) is 12.1 Å². The molecule has 210 valence electrons. The smallest absolute Gasteiger partial charge is 0.408 e. The number of alkyl carbamates (subject to hydrolysis) is 1. The van der Waals surface area contributed by atoms with E-state index in [1.165, 1.54) is 32.9 Å². The van der Waals surface area contributed by atoms with E-state index in [1.54, 1.807) is 20.8 Å². The highest BCUT2D eigenvalue weighted by Crippen LogP contribution is 2.17. The number of esters is 1. The molecule has 4 amide bonds. The summed E-state index contributed by atoms with van der Waals surface area (Å²) in [6, 6.07) is 0.991. The minimum absolute atomic E-state index is 0.00943. The van der Waals surface area contributed by atoms with E-state index in [4.69, 9.17) is 9.47 Å². The van der Waals surface area contributed by atoms with Crippen molar-refractivity contribution in [2.24, 2.45) is 0 Å². The van der Waals surface area contributed by atoms with E-state index in [0.29, 0.717) is 0 Å². The van der Waals surface area contributed by atoms with E-state index in [0.717, 1.165) is 12.1 Å². The second-order valence-corrected chi connectivity index (χ2v) is 9.27. The van der Waals surface area contributed by atoms with Gasteiger partial charge in [-0.1, -0.05) is 0 Å². The van der Waals surface area contributed by atoms with Gasteiger partial charge in [0.05, 0.1) is 11.0 Å². The third-order valence-electron chi connectivity index (χ3n) is 4.63. The number of nitrogens with zero attached hydrogens (tertiary/aromatic N) is 1. The number of hydrogen-bond donors (Lipinski definition) is 5. The average Bonchev–Trinajstić information content (AvgIpc) is 2.79. The molecule has 38 heavy (non-hydrogen) atoms. The highest BCUT2D eigenvalue weighted by Gasteiger charge is 2.29. The molecule has 15 heteroatoms. The van der Waals surface area contributed by atoms with Gasteiger partial charge in [0.1, 0.15) is 36.0 Å². The van der Waals surface area contributed by atoms with Crippen LogP contribution in [0.2, 0.25) is 0 Å². The molecule has 0 aliphatic carbocycles. The van der Waals surface area contributed by atoms with Gasteiger partial charge in [0.15, 0.2) is 0 Å². The Morgan fingerprint density at radius 3 is 1.95 bits per heavy atom. The Bertz CT molecular complexity index is 1040. The van der Waals surface area contributed by atoms with Gasteiger partial charge < -0.3 is 35.8 Å². The summed E-state index contributed by atoms with van der Waals surface area (Å²) < 4.78 is 10.0. The summed E-state index contributed by atoms with van der Waals surface area (Å²) in [5, 5.41) is 29.8. The van der Waals surface area contributed by atoms with Gasteiger partial charge in [-0.15, -0.1) is 0 Å². The highest BCUT2D eigenvalue weighted by molar-refractivity contribution is 5.94. The Kier molecular flexibility index (Phi) is 11.6. The van der Waals surface area contributed by atoms with Crippen LogP contribution in [-0.4, -0.2) is 76.2 Å². The van der Waals surface area contributed by atoms with Crippen LogP contribution in [0.1, 0.15) is 41.5 Å². The van der Waals surface area contributed by atoms with Gasteiger partial charge in [-0.05, 0) is 53.7 Å². The van der Waals surface area contributed by atoms with Crippen molar-refractivity contribution >= 4 is 35.5 Å². The lowest BCUT2D eigenvalue weighted by Crippen LogP contribution is -2.58. The predicted octanol–water partition coefficient (Wildman–Crippen LogP) is -0.100. The average molecular weight is 540 g/mol. The molecule has 0 bridgehead atoms. The molecule has 1 aromatic rings. The number of nitrogens with one attached hydrogen (secondary N) is 4. The van der Waals surface area contributed by atoms with Crippen LogP contribution in [0, 0.1) is 10.1 Å². The number of rotatable bonds is 11. The van der Waals surface area contributed by atoms with Gasteiger partial charge in [-0.2, -0.15) is 0 Å². The Morgan fingerprint density at radius 2 is 1.45 bits per heavy atom. The molecule has 0 aliphatic rings. The third-order valence-corrected chi connectivity index (χ3v) is 4.63. The fourth-order valence-electron chi connectivity index (χ4n) is 2.71. The maximum atomic E-state index is 12.5. The lowest BCUT2D eigenvalue weighted by molar-refractivity contribution is -0.384. The zero-order chi connectivity index (χ0) is 29.2. The predicted molar refractivity (Wildman–Crippen MR) is 132 cm³/mol. The molecule has 0 fully saturated rings. The Hall–Kier alpha value is -4.27. The SMILES string of the molecule is C[C@H](NC(=O)OC(C)(C)C)C(=O)N[C@@H](C)C(=O)N[C@H](C(=O)NCC(=O)Oc1ccc([N+](=O)[O-])cc1)[C@@H](C)O. The van der Waals surface area contributed by atoms with Crippen LogP contribution in [0.4, 0.5) is 10.5 Å². The second-order valence-electron chi connectivity index (χ2n) is 9.27. The van der Waals surface area contributed by atoms with E-state index >= 15 is 0 Å². The van der Waals surface area contributed by atoms with Gasteiger partial charge in [0.2, 0.25) is 17.7 Å². The highest BCUT2D eigenvalue weighted by atomic mass is 16.6. The maximum Gasteiger partial charge on any atom is 0.408 e. The van der Waals surface area contributed by atoms with Crippen LogP contribution in [0.25, 0.3) is 0 Å². The Labute approximate surface area is 218 Å². The van der Waals surface area contributed by atoms with Crippen LogP contribution in [0.15, 0.2) is 24.3 Å². The molecule has 0 spiro atoms. The van der Waals surface area contributed by atoms with Gasteiger partial charge in [0.25, 0.3) is 5.69 Å². The largest absolute Gasteiger partial charge is 0.444 e. The lowest BCUT2D eigenvalue weighted by Gasteiger charge is -2.24. The monoisotopic (exact) mass is 539 g/mol. The lowest BCUT2D eigenvalue weighted by atomic mass is 10.1. The molecule has 0 aromatic heterocycles. The van der Waals surface area contributed by atoms with E-state index in [-0.39, 0.29) is 11.4 Å². The van der Waals surface area contributed by atoms with E-state index in [1.807, 2.05) is 0 Å². The van der Waals surface area contributed by atoms with E-state index < -0.39 is 71.1 Å². The first kappa shape index (κ1) is 31.8. The number of carbonyl (C=O) groups is 5. The number of ether oxygens (including phenoxy) is 2. The maximum absolute atomic E-state index is 12.5. The first-order valence-corrected chi connectivity index (χ1v) is 11.5. The number of non-ortho nitro benzene ring substituents is 1.